The molecule has 2 amide bonds. The highest BCUT2D eigenvalue weighted by Crippen LogP contribution is 2.43. The van der Waals surface area contributed by atoms with Crippen molar-refractivity contribution in [2.45, 2.75) is 11.6 Å². The molecule has 3 aromatic carbocycles. The second-order valence-corrected chi connectivity index (χ2v) is 8.51. The maximum atomic E-state index is 12.9. The minimum absolute atomic E-state index is 0.196. The van der Waals surface area contributed by atoms with Gasteiger partial charge in [0.25, 0.3) is 5.91 Å². The van der Waals surface area contributed by atoms with Crippen LogP contribution in [0.25, 0.3) is 0 Å². The average molecular weight is 477 g/mol. The molecule has 1 aliphatic rings. The summed E-state index contributed by atoms with van der Waals surface area (Å²) in [7, 11) is 0. The van der Waals surface area contributed by atoms with Crippen LogP contribution >= 0.6 is 23.4 Å². The van der Waals surface area contributed by atoms with E-state index in [0.29, 0.717) is 22.0 Å². The van der Waals surface area contributed by atoms with Crippen LogP contribution in [0.3, 0.4) is 0 Å². The van der Waals surface area contributed by atoms with Crippen LogP contribution in [0.5, 0.6) is 0 Å². The van der Waals surface area contributed by atoms with Gasteiger partial charge in [0.05, 0.1) is 21.9 Å². The van der Waals surface area contributed by atoms with Gasteiger partial charge in [-0.1, -0.05) is 35.9 Å². The number of carbonyl (C=O) groups excluding carboxylic acids is 2. The monoisotopic (exact) mass is 476 g/mol. The Morgan fingerprint density at radius 1 is 1.03 bits per heavy atom. The third kappa shape index (κ3) is 4.61. The first-order valence-corrected chi connectivity index (χ1v) is 10.9. The molecule has 4 nitrogen and oxygen atoms in total. The predicted molar refractivity (Wildman–Crippen MR) is 120 cm³/mol. The van der Waals surface area contributed by atoms with E-state index in [4.69, 9.17) is 11.6 Å². The lowest BCUT2D eigenvalue weighted by Gasteiger charge is -2.25. The minimum Gasteiger partial charge on any atom is -0.322 e. The van der Waals surface area contributed by atoms with Gasteiger partial charge in [-0.2, -0.15) is 13.2 Å². The molecule has 1 aliphatic heterocycles. The molecule has 4 rings (SSSR count). The molecule has 1 saturated heterocycles. The highest BCUT2D eigenvalue weighted by molar-refractivity contribution is 8.00. The second kappa shape index (κ2) is 8.88. The summed E-state index contributed by atoms with van der Waals surface area (Å²) >= 11 is 7.45. The fourth-order valence-electron chi connectivity index (χ4n) is 3.37. The van der Waals surface area contributed by atoms with Crippen molar-refractivity contribution in [3.8, 4) is 0 Å². The number of nitrogens with one attached hydrogen (secondary N) is 1. The molecule has 1 atom stereocenters. The Hall–Kier alpha value is -2.97. The van der Waals surface area contributed by atoms with E-state index in [1.54, 1.807) is 48.5 Å². The van der Waals surface area contributed by atoms with Gasteiger partial charge in [-0.25, -0.2) is 0 Å². The summed E-state index contributed by atoms with van der Waals surface area (Å²) in [4.78, 5) is 26.6. The van der Waals surface area contributed by atoms with Gasteiger partial charge in [0.15, 0.2) is 0 Å². The number of nitrogens with zero attached hydrogens (tertiary/aromatic N) is 1. The van der Waals surface area contributed by atoms with Gasteiger partial charge in [0.2, 0.25) is 5.91 Å². The van der Waals surface area contributed by atoms with Crippen molar-refractivity contribution in [1.82, 2.24) is 0 Å². The molecule has 0 aromatic heterocycles. The van der Waals surface area contributed by atoms with E-state index in [0.717, 1.165) is 17.7 Å². The first-order chi connectivity index (χ1) is 15.2. The first-order valence-electron chi connectivity index (χ1n) is 9.51. The Balaban J connectivity index is 1.58. The molecule has 0 bridgehead atoms. The highest BCUT2D eigenvalue weighted by atomic mass is 35.5. The lowest BCUT2D eigenvalue weighted by atomic mass is 10.1. The van der Waals surface area contributed by atoms with Crippen molar-refractivity contribution in [2.24, 2.45) is 0 Å². The Morgan fingerprint density at radius 2 is 1.75 bits per heavy atom. The van der Waals surface area contributed by atoms with Crippen molar-refractivity contribution in [2.75, 3.05) is 16.0 Å². The second-order valence-electron chi connectivity index (χ2n) is 7.03. The van der Waals surface area contributed by atoms with Crippen LogP contribution < -0.4 is 10.2 Å². The summed E-state index contributed by atoms with van der Waals surface area (Å²) in [6.07, 6.45) is -4.45. The summed E-state index contributed by atoms with van der Waals surface area (Å²) in [5.41, 5.74) is 1.18. The van der Waals surface area contributed by atoms with Gasteiger partial charge < -0.3 is 5.32 Å². The smallest absolute Gasteiger partial charge is 0.322 e. The molecule has 1 fully saturated rings. The SMILES string of the molecule is O=C(Nc1cccc(C2SCC(=O)N2c2ccc(C(F)(F)F)cc2)c1)c1ccccc1Cl. The average Bonchev–Trinajstić information content (AvgIpc) is 3.15. The third-order valence-corrected chi connectivity index (χ3v) is 6.43. The van der Waals surface area contributed by atoms with Gasteiger partial charge >= 0.3 is 6.18 Å². The van der Waals surface area contributed by atoms with Crippen LogP contribution in [0.2, 0.25) is 5.02 Å². The van der Waals surface area contributed by atoms with Crippen molar-refractivity contribution in [1.29, 1.82) is 0 Å². The van der Waals surface area contributed by atoms with Crippen molar-refractivity contribution >= 4 is 46.6 Å². The maximum absolute atomic E-state index is 12.9. The minimum atomic E-state index is -4.45. The van der Waals surface area contributed by atoms with Crippen molar-refractivity contribution < 1.29 is 22.8 Å². The first kappa shape index (κ1) is 22.2. The molecule has 0 aliphatic carbocycles. The van der Waals surface area contributed by atoms with Crippen LogP contribution in [-0.4, -0.2) is 17.6 Å². The molecule has 1 heterocycles. The van der Waals surface area contributed by atoms with Crippen LogP contribution in [0.1, 0.15) is 26.9 Å². The molecular formula is C23H16ClF3N2O2S. The zero-order chi connectivity index (χ0) is 22.9. The van der Waals surface area contributed by atoms with Crippen LogP contribution in [0.4, 0.5) is 24.5 Å². The number of hydrogen-bond donors (Lipinski definition) is 1. The molecule has 32 heavy (non-hydrogen) atoms. The van der Waals surface area contributed by atoms with Crippen molar-refractivity contribution in [3.05, 3.63) is 94.5 Å². The maximum Gasteiger partial charge on any atom is 0.416 e. The van der Waals surface area contributed by atoms with E-state index < -0.39 is 17.1 Å². The molecule has 0 spiro atoms. The molecule has 0 radical (unpaired) electrons. The number of thioether (sulfide) groups is 1. The summed E-state index contributed by atoms with van der Waals surface area (Å²) in [6, 6.07) is 18.2. The van der Waals surface area contributed by atoms with E-state index in [1.807, 2.05) is 0 Å². The Morgan fingerprint density at radius 3 is 2.44 bits per heavy atom. The molecule has 0 saturated carbocycles. The largest absolute Gasteiger partial charge is 0.416 e. The quantitative estimate of drug-likeness (QED) is 0.474. The van der Waals surface area contributed by atoms with Gasteiger partial charge in [-0.3, -0.25) is 14.5 Å². The highest BCUT2D eigenvalue weighted by Gasteiger charge is 2.35. The van der Waals surface area contributed by atoms with Crippen LogP contribution in [-0.2, 0) is 11.0 Å². The number of amides is 2. The van der Waals surface area contributed by atoms with Crippen molar-refractivity contribution in [3.63, 3.8) is 0 Å². The van der Waals surface area contributed by atoms with E-state index in [1.165, 1.54) is 28.8 Å². The molecule has 164 valence electrons. The van der Waals surface area contributed by atoms with E-state index >= 15 is 0 Å². The normalized spacial score (nSPS) is 16.3. The Kier molecular flexibility index (Phi) is 6.17. The van der Waals surface area contributed by atoms with Gasteiger partial charge in [-0.05, 0) is 54.1 Å². The standard InChI is InChI=1S/C23H16ClF3N2O2S/c24-19-7-2-1-6-18(19)21(31)28-16-5-3-4-14(12-16)22-29(20(30)13-32-22)17-10-8-15(9-11-17)23(25,26)27/h1-12,22H,13H2,(H,28,31). The number of benzene rings is 3. The van der Waals surface area contributed by atoms with Crippen LogP contribution in [0.15, 0.2) is 72.8 Å². The van der Waals surface area contributed by atoms with E-state index in [9.17, 15) is 22.8 Å². The van der Waals surface area contributed by atoms with Gasteiger partial charge in [0.1, 0.15) is 5.37 Å². The summed E-state index contributed by atoms with van der Waals surface area (Å²) in [5.74, 6) is -0.380. The lowest BCUT2D eigenvalue weighted by molar-refractivity contribution is -0.137. The predicted octanol–water partition coefficient (Wildman–Crippen LogP) is 6.39. The van der Waals surface area contributed by atoms with E-state index in [-0.39, 0.29) is 17.6 Å². The van der Waals surface area contributed by atoms with Gasteiger partial charge in [-0.15, -0.1) is 11.8 Å². The summed E-state index contributed by atoms with van der Waals surface area (Å²) in [5, 5.41) is 2.68. The fourth-order valence-corrected chi connectivity index (χ4v) is 4.76. The fraction of sp³-hybridized carbons (Fsp3) is 0.130. The van der Waals surface area contributed by atoms with Gasteiger partial charge in [0, 0.05) is 11.4 Å². The molecule has 9 heteroatoms. The summed E-state index contributed by atoms with van der Waals surface area (Å²) < 4.78 is 38.7. The Labute approximate surface area is 191 Å². The molecule has 1 unspecified atom stereocenters. The zero-order valence-corrected chi connectivity index (χ0v) is 18.0. The number of hydrogen-bond acceptors (Lipinski definition) is 3. The molecule has 3 aromatic rings. The number of carbonyl (C=O) groups is 2. The number of rotatable bonds is 4. The number of halogens is 4. The van der Waals surface area contributed by atoms with E-state index in [2.05, 4.69) is 5.32 Å². The molecular weight excluding hydrogens is 461 g/mol. The lowest BCUT2D eigenvalue weighted by Crippen LogP contribution is -2.28. The summed E-state index contributed by atoms with van der Waals surface area (Å²) in [6.45, 7) is 0. The Bertz CT molecular complexity index is 1170. The zero-order valence-electron chi connectivity index (χ0n) is 16.4. The number of anilines is 2. The number of alkyl halides is 3. The third-order valence-electron chi connectivity index (χ3n) is 4.89. The topological polar surface area (TPSA) is 49.4 Å². The molecule has 1 N–H and O–H groups in total. The van der Waals surface area contributed by atoms with Crippen LogP contribution in [0, 0.1) is 0 Å².